The van der Waals surface area contributed by atoms with Gasteiger partial charge >= 0.3 is 0 Å². The van der Waals surface area contributed by atoms with Gasteiger partial charge in [0.25, 0.3) is 0 Å². The zero-order valence-electron chi connectivity index (χ0n) is 27.6. The normalized spacial score (nSPS) is 19.2. The van der Waals surface area contributed by atoms with Crippen molar-refractivity contribution >= 4 is 0 Å². The van der Waals surface area contributed by atoms with Gasteiger partial charge in [0.1, 0.15) is 17.8 Å². The largest absolute Gasteiger partial charge is 1.00 e. The van der Waals surface area contributed by atoms with E-state index in [0.717, 1.165) is 58.0 Å². The van der Waals surface area contributed by atoms with Crippen molar-refractivity contribution in [1.29, 1.82) is 0 Å². The Labute approximate surface area is 307 Å². The predicted octanol–water partition coefficient (Wildman–Crippen LogP) is 1.05. The second-order valence-corrected chi connectivity index (χ2v) is 14.2. The van der Waals surface area contributed by atoms with Crippen molar-refractivity contribution in [2.75, 3.05) is 41.3 Å². The summed E-state index contributed by atoms with van der Waals surface area (Å²) in [5.74, 6) is 1.05. The highest BCUT2D eigenvalue weighted by atomic mass is 127. The maximum absolute atomic E-state index is 10.7. The molecule has 2 atom stereocenters. The summed E-state index contributed by atoms with van der Waals surface area (Å²) < 4.78 is 7.96. The Kier molecular flexibility index (Phi) is 11.0. The van der Waals surface area contributed by atoms with Crippen LogP contribution >= 0.6 is 0 Å². The van der Waals surface area contributed by atoms with Crippen LogP contribution in [0.1, 0.15) is 56.6 Å². The van der Waals surface area contributed by atoms with E-state index in [4.69, 9.17) is 4.74 Å². The Hall–Kier alpha value is -2.54. The van der Waals surface area contributed by atoms with E-state index >= 15 is 0 Å². The van der Waals surface area contributed by atoms with E-state index < -0.39 is 0 Å². The van der Waals surface area contributed by atoms with Gasteiger partial charge in [-0.25, -0.2) is 0 Å². The fraction of sp³-hybridized carbons (Fsp3) is 0.368. The number of phenolic OH excluding ortho intramolecular Hbond substituents is 3. The number of phenols is 3. The highest BCUT2D eigenvalue weighted by molar-refractivity contribution is 5.49. The van der Waals surface area contributed by atoms with Crippen LogP contribution in [-0.2, 0) is 25.7 Å². The molecule has 4 aromatic carbocycles. The van der Waals surface area contributed by atoms with Crippen LogP contribution in [0.15, 0.2) is 66.7 Å². The molecule has 0 aliphatic carbocycles. The van der Waals surface area contributed by atoms with Crippen LogP contribution in [0.3, 0.4) is 0 Å². The van der Waals surface area contributed by atoms with Crippen molar-refractivity contribution in [3.8, 4) is 28.7 Å². The Balaban J connectivity index is 0.00000240. The molecule has 6 nitrogen and oxygen atoms in total. The van der Waals surface area contributed by atoms with Gasteiger partial charge in [0.05, 0.1) is 41.3 Å². The first-order valence-electron chi connectivity index (χ1n) is 15.7. The van der Waals surface area contributed by atoms with E-state index in [0.29, 0.717) is 24.0 Å². The molecule has 2 unspecified atom stereocenters. The highest BCUT2D eigenvalue weighted by Gasteiger charge is 2.37. The van der Waals surface area contributed by atoms with Crippen LogP contribution in [-0.4, -0.2) is 65.6 Å². The summed E-state index contributed by atoms with van der Waals surface area (Å²) in [5.41, 5.74) is 10.1. The van der Waals surface area contributed by atoms with Crippen LogP contribution < -0.4 is 52.7 Å². The summed E-state index contributed by atoms with van der Waals surface area (Å²) in [7, 11) is 9.08. The number of ether oxygens (including phenoxy) is 1. The van der Waals surface area contributed by atoms with E-state index in [9.17, 15) is 15.3 Å². The lowest BCUT2D eigenvalue weighted by Crippen LogP contribution is -3.00. The average Bonchev–Trinajstić information content (AvgIpc) is 2.97. The number of aromatic hydroxyl groups is 3. The molecule has 3 N–H and O–H groups in total. The zero-order chi connectivity index (χ0) is 31.4. The number of rotatable bonds is 6. The monoisotopic (exact) mass is 848 g/mol. The number of hydrogen-bond donors (Lipinski definition) is 3. The van der Waals surface area contributed by atoms with Gasteiger partial charge in [0.2, 0.25) is 0 Å². The molecule has 246 valence electrons. The molecule has 0 saturated heterocycles. The fourth-order valence-corrected chi connectivity index (χ4v) is 7.22. The molecular weight excluding hydrogens is 802 g/mol. The van der Waals surface area contributed by atoms with E-state index in [1.807, 2.05) is 24.3 Å². The summed E-state index contributed by atoms with van der Waals surface area (Å²) in [4.78, 5) is 0. The van der Waals surface area contributed by atoms with Crippen molar-refractivity contribution < 1.29 is 77.0 Å². The van der Waals surface area contributed by atoms with Gasteiger partial charge in [0, 0.05) is 36.8 Å². The zero-order valence-corrected chi connectivity index (χ0v) is 32.0. The van der Waals surface area contributed by atoms with E-state index in [1.54, 1.807) is 18.2 Å². The Morgan fingerprint density at radius 3 is 1.74 bits per heavy atom. The fourth-order valence-electron chi connectivity index (χ4n) is 7.22. The molecule has 2 aliphatic rings. The van der Waals surface area contributed by atoms with E-state index in [1.165, 1.54) is 27.8 Å². The molecule has 0 amide bonds. The number of quaternary nitrogens is 2. The first-order chi connectivity index (χ1) is 20.8. The molecule has 0 saturated carbocycles. The van der Waals surface area contributed by atoms with Crippen molar-refractivity contribution in [2.45, 2.75) is 51.6 Å². The number of aryl methyl sites for hydroxylation is 2. The molecule has 2 heterocycles. The van der Waals surface area contributed by atoms with Crippen molar-refractivity contribution in [3.05, 3.63) is 111 Å². The topological polar surface area (TPSA) is 69.9 Å². The number of hydrogen-bond acceptors (Lipinski definition) is 4. The third-order valence-corrected chi connectivity index (χ3v) is 10.3. The molecule has 46 heavy (non-hydrogen) atoms. The standard InChI is InChI=1S/C38H44N2O4.2HI/c1-24-17-28-13-15-39(3,4)33(31(28)18-25(24)2)19-26-7-10-30(11-8-26)44-38-21-27(9-12-35(38)41)20-34-32-23-37(43)36(42)22-29(32)14-16-40(34,5)6;;/h7-12,17-18,21-23,33-34H,13-16,19-20H2,1-6H3,(H-2,41,42,43);2*1H. The highest BCUT2D eigenvalue weighted by Crippen LogP contribution is 2.42. The van der Waals surface area contributed by atoms with Crippen LogP contribution in [0.5, 0.6) is 28.7 Å². The minimum Gasteiger partial charge on any atom is -1.00 e. The second kappa shape index (κ2) is 13.9. The molecule has 0 aromatic heterocycles. The number of benzene rings is 4. The van der Waals surface area contributed by atoms with Crippen LogP contribution in [0.4, 0.5) is 0 Å². The quantitative estimate of drug-likeness (QED) is 0.155. The lowest BCUT2D eigenvalue weighted by atomic mass is 9.85. The molecule has 0 fully saturated rings. The van der Waals surface area contributed by atoms with Crippen LogP contribution in [0.2, 0.25) is 0 Å². The Bertz CT molecular complexity index is 1720. The van der Waals surface area contributed by atoms with Gasteiger partial charge in [-0.1, -0.05) is 24.3 Å². The van der Waals surface area contributed by atoms with Gasteiger partial charge in [-0.2, -0.15) is 0 Å². The summed E-state index contributed by atoms with van der Waals surface area (Å²) in [6.45, 7) is 6.47. The van der Waals surface area contributed by atoms with Gasteiger partial charge in [-0.05, 0) is 89.7 Å². The van der Waals surface area contributed by atoms with Gasteiger partial charge in [-0.3, -0.25) is 0 Å². The summed E-state index contributed by atoms with van der Waals surface area (Å²) in [6.07, 6.45) is 3.62. The van der Waals surface area contributed by atoms with Gasteiger partial charge in [0.15, 0.2) is 23.0 Å². The lowest BCUT2D eigenvalue weighted by Gasteiger charge is -2.43. The molecule has 0 bridgehead atoms. The second-order valence-electron chi connectivity index (χ2n) is 14.2. The first-order valence-corrected chi connectivity index (χ1v) is 15.7. The Morgan fingerprint density at radius 1 is 0.609 bits per heavy atom. The van der Waals surface area contributed by atoms with Crippen LogP contribution in [0, 0.1) is 13.8 Å². The summed E-state index contributed by atoms with van der Waals surface area (Å²) in [5, 5.41) is 31.0. The first kappa shape index (κ1) is 36.3. The average molecular weight is 849 g/mol. The summed E-state index contributed by atoms with van der Waals surface area (Å²) >= 11 is 0. The summed E-state index contributed by atoms with van der Waals surface area (Å²) in [6, 6.07) is 22.5. The van der Waals surface area contributed by atoms with E-state index in [2.05, 4.69) is 66.3 Å². The number of likely N-dealkylation sites (N-methyl/N-ethyl adjacent to an activating group) is 2. The van der Waals surface area contributed by atoms with Crippen LogP contribution in [0.25, 0.3) is 0 Å². The molecular formula is C38H46I2N2O4. The number of halogens is 2. The minimum atomic E-state index is -0.0887. The SMILES string of the molecule is Cc1cc2c(cc1C)C(Cc1ccc(Oc3cc(CC4c5cc(O)c(O)cc5CC[N+]4(C)C)ccc3O)cc1)[N+](C)(C)CC2.[I-].[I-]. The van der Waals surface area contributed by atoms with Crippen molar-refractivity contribution in [3.63, 3.8) is 0 Å². The molecule has 0 spiro atoms. The van der Waals surface area contributed by atoms with Gasteiger partial charge in [-0.15, -0.1) is 0 Å². The maximum atomic E-state index is 10.7. The maximum Gasteiger partial charge on any atom is 0.169 e. The lowest BCUT2D eigenvalue weighted by molar-refractivity contribution is -0.923. The molecule has 8 heteroatoms. The molecule has 0 radical (unpaired) electrons. The smallest absolute Gasteiger partial charge is 0.169 e. The third kappa shape index (κ3) is 7.29. The Morgan fingerprint density at radius 2 is 1.11 bits per heavy atom. The van der Waals surface area contributed by atoms with Gasteiger partial charge < -0.3 is 77.0 Å². The molecule has 4 aromatic rings. The van der Waals surface area contributed by atoms with E-state index in [-0.39, 0.29) is 71.2 Å². The number of fused-ring (bicyclic) bond motifs is 2. The predicted molar refractivity (Wildman–Crippen MR) is 175 cm³/mol. The third-order valence-electron chi connectivity index (χ3n) is 10.3. The number of nitrogens with zero attached hydrogens (tertiary/aromatic N) is 2. The molecule has 6 rings (SSSR count). The minimum absolute atomic E-state index is 0. The van der Waals surface area contributed by atoms with Crippen molar-refractivity contribution in [2.24, 2.45) is 0 Å². The molecule has 2 aliphatic heterocycles. The van der Waals surface area contributed by atoms with Crippen molar-refractivity contribution in [1.82, 2.24) is 0 Å².